The van der Waals surface area contributed by atoms with Gasteiger partial charge in [-0.05, 0) is 86.6 Å². The van der Waals surface area contributed by atoms with Crippen molar-refractivity contribution < 1.29 is 19.4 Å². The number of pyridine rings is 1. The molecule has 1 saturated carbocycles. The second-order valence-electron chi connectivity index (χ2n) is 10.1. The maximum atomic E-state index is 12.9. The van der Waals surface area contributed by atoms with E-state index in [4.69, 9.17) is 14.5 Å². The highest BCUT2D eigenvalue weighted by Crippen LogP contribution is 2.26. The maximum Gasteiger partial charge on any atom is 0.255 e. The number of carbonyl (C=O) groups is 1. The SMILES string of the molecule is Cc1c(NC(=O)c2ccc(OCC3CCOC3)cc2)ccc2cc(CN[C@H]3CC[C@H](O)CC3)cnc12. The maximum absolute atomic E-state index is 12.9. The van der Waals surface area contributed by atoms with Crippen LogP contribution in [0.5, 0.6) is 5.75 Å². The largest absolute Gasteiger partial charge is 0.493 e. The van der Waals surface area contributed by atoms with E-state index < -0.39 is 0 Å². The average molecular weight is 490 g/mol. The second kappa shape index (κ2) is 11.4. The zero-order chi connectivity index (χ0) is 24.9. The molecule has 0 radical (unpaired) electrons. The molecule has 7 nitrogen and oxygen atoms in total. The van der Waals surface area contributed by atoms with Crippen LogP contribution in [0, 0.1) is 12.8 Å². The van der Waals surface area contributed by atoms with Crippen molar-refractivity contribution in [2.45, 2.75) is 57.7 Å². The first kappa shape index (κ1) is 24.7. The van der Waals surface area contributed by atoms with E-state index >= 15 is 0 Å². The minimum absolute atomic E-state index is 0.140. The molecule has 1 aliphatic carbocycles. The molecule has 36 heavy (non-hydrogen) atoms. The van der Waals surface area contributed by atoms with Crippen molar-refractivity contribution in [2.24, 2.45) is 5.92 Å². The number of ether oxygens (including phenoxy) is 2. The third-order valence-electron chi connectivity index (χ3n) is 7.33. The summed E-state index contributed by atoms with van der Waals surface area (Å²) in [5.74, 6) is 1.04. The zero-order valence-electron chi connectivity index (χ0n) is 20.8. The van der Waals surface area contributed by atoms with Gasteiger partial charge >= 0.3 is 0 Å². The zero-order valence-corrected chi connectivity index (χ0v) is 20.8. The normalized spacial score (nSPS) is 22.0. The molecule has 1 aliphatic heterocycles. The van der Waals surface area contributed by atoms with Crippen LogP contribution in [-0.2, 0) is 11.3 Å². The minimum Gasteiger partial charge on any atom is -0.493 e. The van der Waals surface area contributed by atoms with Gasteiger partial charge < -0.3 is 25.2 Å². The predicted octanol–water partition coefficient (Wildman–Crippen LogP) is 4.60. The quantitative estimate of drug-likeness (QED) is 0.428. The Kier molecular flexibility index (Phi) is 7.80. The number of aliphatic hydroxyl groups excluding tert-OH is 1. The van der Waals surface area contributed by atoms with Gasteiger partial charge in [0.05, 0.1) is 24.8 Å². The molecule has 1 aromatic heterocycles. The highest BCUT2D eigenvalue weighted by atomic mass is 16.5. The van der Waals surface area contributed by atoms with Crippen LogP contribution in [0.3, 0.4) is 0 Å². The molecule has 190 valence electrons. The number of nitrogens with zero attached hydrogens (tertiary/aromatic N) is 1. The molecular formula is C29H35N3O4. The summed E-state index contributed by atoms with van der Waals surface area (Å²) in [5.41, 5.74) is 4.30. The number of anilines is 1. The van der Waals surface area contributed by atoms with Crippen LogP contribution in [0.4, 0.5) is 5.69 Å². The van der Waals surface area contributed by atoms with Gasteiger partial charge in [-0.25, -0.2) is 0 Å². The monoisotopic (exact) mass is 489 g/mol. The summed E-state index contributed by atoms with van der Waals surface area (Å²) in [6, 6.07) is 13.8. The summed E-state index contributed by atoms with van der Waals surface area (Å²) in [5, 5.41) is 17.4. The van der Waals surface area contributed by atoms with Crippen LogP contribution in [0.25, 0.3) is 10.9 Å². The van der Waals surface area contributed by atoms with E-state index in [0.717, 1.165) is 85.3 Å². The molecule has 2 aromatic carbocycles. The van der Waals surface area contributed by atoms with Crippen molar-refractivity contribution >= 4 is 22.5 Å². The second-order valence-corrected chi connectivity index (χ2v) is 10.1. The Hall–Kier alpha value is -3.00. The molecule has 1 saturated heterocycles. The summed E-state index contributed by atoms with van der Waals surface area (Å²) in [4.78, 5) is 17.6. The van der Waals surface area contributed by atoms with Gasteiger partial charge in [0.25, 0.3) is 5.91 Å². The molecule has 1 atom stereocenters. The fourth-order valence-corrected chi connectivity index (χ4v) is 4.99. The lowest BCUT2D eigenvalue weighted by Crippen LogP contribution is -2.34. The summed E-state index contributed by atoms with van der Waals surface area (Å²) in [7, 11) is 0. The van der Waals surface area contributed by atoms with Crippen molar-refractivity contribution in [3.05, 3.63) is 65.4 Å². The minimum atomic E-state index is -0.161. The fraction of sp³-hybridized carbons (Fsp3) is 0.448. The molecule has 2 aliphatic rings. The van der Waals surface area contributed by atoms with Crippen molar-refractivity contribution in [3.8, 4) is 5.75 Å². The Morgan fingerprint density at radius 1 is 1.11 bits per heavy atom. The number of rotatable bonds is 8. The lowest BCUT2D eigenvalue weighted by atomic mass is 9.93. The van der Waals surface area contributed by atoms with Gasteiger partial charge in [0, 0.05) is 47.9 Å². The van der Waals surface area contributed by atoms with Crippen LogP contribution in [0.1, 0.15) is 53.6 Å². The predicted molar refractivity (Wildman–Crippen MR) is 140 cm³/mol. The van der Waals surface area contributed by atoms with Gasteiger partial charge in [-0.3, -0.25) is 9.78 Å². The molecule has 2 fully saturated rings. The van der Waals surface area contributed by atoms with E-state index in [1.54, 1.807) is 12.1 Å². The van der Waals surface area contributed by atoms with Crippen LogP contribution in [0.15, 0.2) is 48.7 Å². The molecule has 1 unspecified atom stereocenters. The number of aromatic nitrogens is 1. The summed E-state index contributed by atoms with van der Waals surface area (Å²) in [6.07, 6.45) is 6.56. The first-order valence-corrected chi connectivity index (χ1v) is 13.0. The molecule has 0 bridgehead atoms. The van der Waals surface area contributed by atoms with Crippen molar-refractivity contribution in [1.29, 1.82) is 0 Å². The number of hydrogen-bond acceptors (Lipinski definition) is 6. The van der Waals surface area contributed by atoms with E-state index in [2.05, 4.69) is 16.7 Å². The lowest BCUT2D eigenvalue weighted by Gasteiger charge is -2.26. The first-order valence-electron chi connectivity index (χ1n) is 13.0. The van der Waals surface area contributed by atoms with Gasteiger partial charge in [0.15, 0.2) is 0 Å². The topological polar surface area (TPSA) is 92.7 Å². The number of aliphatic hydroxyl groups is 1. The Bertz CT molecular complexity index is 1180. The van der Waals surface area contributed by atoms with E-state index in [-0.39, 0.29) is 12.0 Å². The number of amides is 1. The molecule has 2 heterocycles. The van der Waals surface area contributed by atoms with E-state index in [1.807, 2.05) is 37.4 Å². The molecule has 5 rings (SSSR count). The van der Waals surface area contributed by atoms with Crippen LogP contribution in [0.2, 0.25) is 0 Å². The van der Waals surface area contributed by atoms with Crippen LogP contribution in [-0.4, -0.2) is 48.0 Å². The smallest absolute Gasteiger partial charge is 0.255 e. The number of fused-ring (bicyclic) bond motifs is 1. The number of carbonyl (C=O) groups excluding carboxylic acids is 1. The van der Waals surface area contributed by atoms with Gasteiger partial charge in [-0.2, -0.15) is 0 Å². The molecule has 3 aromatic rings. The molecule has 3 N–H and O–H groups in total. The summed E-state index contributed by atoms with van der Waals surface area (Å²) in [6.45, 7) is 4.94. The average Bonchev–Trinajstić information content (AvgIpc) is 3.43. The van der Waals surface area contributed by atoms with Crippen molar-refractivity contribution in [3.63, 3.8) is 0 Å². The van der Waals surface area contributed by atoms with E-state index in [1.165, 1.54) is 0 Å². The Morgan fingerprint density at radius 3 is 2.67 bits per heavy atom. The fourth-order valence-electron chi connectivity index (χ4n) is 4.99. The Morgan fingerprint density at radius 2 is 1.92 bits per heavy atom. The molecule has 1 amide bonds. The van der Waals surface area contributed by atoms with E-state index in [0.29, 0.717) is 24.1 Å². The van der Waals surface area contributed by atoms with Gasteiger partial charge in [-0.1, -0.05) is 6.07 Å². The number of aryl methyl sites for hydroxylation is 1. The lowest BCUT2D eigenvalue weighted by molar-refractivity contribution is 0.102. The molecule has 0 spiro atoms. The number of benzene rings is 2. The van der Waals surface area contributed by atoms with Gasteiger partial charge in [0.2, 0.25) is 0 Å². The first-order chi connectivity index (χ1) is 17.5. The van der Waals surface area contributed by atoms with Crippen LogP contribution >= 0.6 is 0 Å². The standard InChI is InChI=1S/C29H35N3O4/c1-19-27(32-29(34)22-2-9-26(10-3-22)36-18-20-12-13-35-17-20)11-4-23-14-21(16-31-28(19)23)15-30-24-5-7-25(33)8-6-24/h2-4,9-11,14,16,20,24-25,30,33H,5-8,12-13,15,17-18H2,1H3,(H,32,34)/t20?,24-,25-. The summed E-state index contributed by atoms with van der Waals surface area (Å²) < 4.78 is 11.2. The Balaban J connectivity index is 1.19. The third kappa shape index (κ3) is 6.03. The van der Waals surface area contributed by atoms with Crippen LogP contribution < -0.4 is 15.4 Å². The molecular weight excluding hydrogens is 454 g/mol. The molecule has 7 heteroatoms. The summed E-state index contributed by atoms with van der Waals surface area (Å²) >= 11 is 0. The van der Waals surface area contributed by atoms with Crippen molar-refractivity contribution in [1.82, 2.24) is 10.3 Å². The third-order valence-corrected chi connectivity index (χ3v) is 7.33. The Labute approximate surface area is 212 Å². The number of nitrogens with one attached hydrogen (secondary N) is 2. The van der Waals surface area contributed by atoms with Gasteiger partial charge in [0.1, 0.15) is 5.75 Å². The van der Waals surface area contributed by atoms with Crippen molar-refractivity contribution in [2.75, 3.05) is 25.1 Å². The van der Waals surface area contributed by atoms with E-state index in [9.17, 15) is 9.90 Å². The highest BCUT2D eigenvalue weighted by molar-refractivity contribution is 6.06. The van der Waals surface area contributed by atoms with Gasteiger partial charge in [-0.15, -0.1) is 0 Å². The highest BCUT2D eigenvalue weighted by Gasteiger charge is 2.19. The number of hydrogen-bond donors (Lipinski definition) is 3.